The molecule has 1 aliphatic rings. The minimum Gasteiger partial charge on any atom is -0.462 e. The molecule has 0 radical (unpaired) electrons. The first-order chi connectivity index (χ1) is 5.13. The van der Waals surface area contributed by atoms with Gasteiger partial charge in [-0.05, 0) is 12.8 Å². The third-order valence-corrected chi connectivity index (χ3v) is 2.09. The van der Waals surface area contributed by atoms with Crippen molar-refractivity contribution in [3.8, 4) is 0 Å². The van der Waals surface area contributed by atoms with Crippen molar-refractivity contribution in [1.82, 2.24) is 0 Å². The second-order valence-corrected chi connectivity index (χ2v) is 3.19. The third-order valence-electron chi connectivity index (χ3n) is 2.09. The molecule has 1 aliphatic heterocycles. The van der Waals surface area contributed by atoms with E-state index >= 15 is 0 Å². The summed E-state index contributed by atoms with van der Waals surface area (Å²) in [4.78, 5) is 11.0. The molecule has 1 heterocycles. The summed E-state index contributed by atoms with van der Waals surface area (Å²) in [5.74, 6) is 0.336. The number of hydrogen-bond acceptors (Lipinski definition) is 2. The first kappa shape index (κ1) is 8.31. The monoisotopic (exact) mass is 154 g/mol. The van der Waals surface area contributed by atoms with E-state index in [4.69, 9.17) is 4.74 Å². The Morgan fingerprint density at radius 2 is 2.09 bits per heavy atom. The largest absolute Gasteiger partial charge is 0.462 e. The Hall–Kier alpha value is -0.790. The molecule has 0 fully saturated rings. The number of cyclic esters (lactones) is 1. The summed E-state index contributed by atoms with van der Waals surface area (Å²) < 4.78 is 4.87. The minimum atomic E-state index is -0.139. The van der Waals surface area contributed by atoms with Gasteiger partial charge in [0.15, 0.2) is 0 Å². The Morgan fingerprint density at radius 3 is 2.55 bits per heavy atom. The summed E-state index contributed by atoms with van der Waals surface area (Å²) in [5.41, 5.74) is 2.06. The average molecular weight is 154 g/mol. The zero-order valence-corrected chi connectivity index (χ0v) is 7.31. The highest BCUT2D eigenvalue weighted by Gasteiger charge is 2.19. The highest BCUT2D eigenvalue weighted by atomic mass is 16.5. The molecule has 0 saturated heterocycles. The smallest absolute Gasteiger partial charge is 0.333 e. The van der Waals surface area contributed by atoms with Gasteiger partial charge in [-0.1, -0.05) is 19.4 Å². The van der Waals surface area contributed by atoms with Crippen molar-refractivity contribution in [3.05, 3.63) is 11.1 Å². The SMILES string of the molecule is CC1=C(C(C)C)CCOC1=O. The summed E-state index contributed by atoms with van der Waals surface area (Å²) in [6.07, 6.45) is 0.912. The summed E-state index contributed by atoms with van der Waals surface area (Å²) >= 11 is 0. The Morgan fingerprint density at radius 1 is 1.45 bits per heavy atom. The van der Waals surface area contributed by atoms with Crippen molar-refractivity contribution in [2.45, 2.75) is 27.2 Å². The number of carbonyl (C=O) groups excluding carboxylic acids is 1. The molecule has 2 heteroatoms. The topological polar surface area (TPSA) is 26.3 Å². The lowest BCUT2D eigenvalue weighted by molar-refractivity contribution is -0.140. The van der Waals surface area contributed by atoms with Gasteiger partial charge < -0.3 is 4.74 Å². The van der Waals surface area contributed by atoms with E-state index < -0.39 is 0 Å². The maximum absolute atomic E-state index is 11.0. The van der Waals surface area contributed by atoms with Crippen LogP contribution in [0.15, 0.2) is 11.1 Å². The van der Waals surface area contributed by atoms with Gasteiger partial charge in [0.05, 0.1) is 6.61 Å². The quantitative estimate of drug-likeness (QED) is 0.539. The molecule has 11 heavy (non-hydrogen) atoms. The van der Waals surface area contributed by atoms with E-state index in [1.165, 1.54) is 5.57 Å². The van der Waals surface area contributed by atoms with Crippen molar-refractivity contribution >= 4 is 5.97 Å². The molecule has 0 bridgehead atoms. The minimum absolute atomic E-state index is 0.139. The van der Waals surface area contributed by atoms with Crippen LogP contribution in [0, 0.1) is 5.92 Å². The van der Waals surface area contributed by atoms with Crippen molar-refractivity contribution in [2.75, 3.05) is 6.61 Å². The van der Waals surface area contributed by atoms with E-state index in [9.17, 15) is 4.79 Å². The van der Waals surface area contributed by atoms with Crippen molar-refractivity contribution in [1.29, 1.82) is 0 Å². The van der Waals surface area contributed by atoms with E-state index in [0.717, 1.165) is 12.0 Å². The van der Waals surface area contributed by atoms with E-state index in [2.05, 4.69) is 13.8 Å². The highest BCUT2D eigenvalue weighted by Crippen LogP contribution is 2.23. The van der Waals surface area contributed by atoms with Crippen LogP contribution in [0.5, 0.6) is 0 Å². The molecule has 0 aliphatic carbocycles. The Bertz CT molecular complexity index is 202. The van der Waals surface area contributed by atoms with Crippen LogP contribution in [-0.2, 0) is 9.53 Å². The van der Waals surface area contributed by atoms with Crippen LogP contribution >= 0.6 is 0 Å². The van der Waals surface area contributed by atoms with Crippen LogP contribution in [0.3, 0.4) is 0 Å². The normalized spacial score (nSPS) is 19.1. The van der Waals surface area contributed by atoms with Gasteiger partial charge >= 0.3 is 5.97 Å². The molecule has 2 nitrogen and oxygen atoms in total. The van der Waals surface area contributed by atoms with Gasteiger partial charge in [-0.25, -0.2) is 4.79 Å². The van der Waals surface area contributed by atoms with Gasteiger partial charge in [0.2, 0.25) is 0 Å². The van der Waals surface area contributed by atoms with Crippen LogP contribution in [-0.4, -0.2) is 12.6 Å². The lowest BCUT2D eigenvalue weighted by atomic mass is 9.94. The fourth-order valence-electron chi connectivity index (χ4n) is 1.40. The second kappa shape index (κ2) is 3.07. The molecule has 0 unspecified atom stereocenters. The van der Waals surface area contributed by atoms with E-state index in [-0.39, 0.29) is 5.97 Å². The van der Waals surface area contributed by atoms with Crippen molar-refractivity contribution in [2.24, 2.45) is 5.92 Å². The van der Waals surface area contributed by atoms with Gasteiger partial charge in [-0.15, -0.1) is 0 Å². The van der Waals surface area contributed by atoms with Crippen LogP contribution in [0.25, 0.3) is 0 Å². The Labute approximate surface area is 67.2 Å². The molecule has 0 aromatic rings. The molecule has 0 spiro atoms. The first-order valence-electron chi connectivity index (χ1n) is 3.99. The molecule has 0 atom stereocenters. The Kier molecular flexibility index (Phi) is 2.32. The Balaban J connectivity index is 2.89. The molecule has 0 amide bonds. The van der Waals surface area contributed by atoms with Crippen molar-refractivity contribution < 1.29 is 9.53 Å². The maximum atomic E-state index is 11.0. The van der Waals surface area contributed by atoms with E-state index in [1.807, 2.05) is 6.92 Å². The molecule has 0 N–H and O–H groups in total. The third kappa shape index (κ3) is 1.62. The molecule has 0 saturated carbocycles. The number of hydrogen-bond donors (Lipinski definition) is 0. The van der Waals surface area contributed by atoms with Crippen LogP contribution in [0.4, 0.5) is 0 Å². The fraction of sp³-hybridized carbons (Fsp3) is 0.667. The van der Waals surface area contributed by atoms with Crippen molar-refractivity contribution in [3.63, 3.8) is 0 Å². The highest BCUT2D eigenvalue weighted by molar-refractivity contribution is 5.89. The molecule has 0 aromatic heterocycles. The van der Waals surface area contributed by atoms with Gasteiger partial charge in [-0.2, -0.15) is 0 Å². The van der Waals surface area contributed by atoms with E-state index in [0.29, 0.717) is 12.5 Å². The average Bonchev–Trinajstić information content (AvgIpc) is 1.94. The summed E-state index contributed by atoms with van der Waals surface area (Å²) in [6.45, 7) is 6.62. The molecular weight excluding hydrogens is 140 g/mol. The number of esters is 1. The number of ether oxygens (including phenoxy) is 1. The van der Waals surface area contributed by atoms with Crippen LogP contribution in [0.1, 0.15) is 27.2 Å². The summed E-state index contributed by atoms with van der Waals surface area (Å²) in [5, 5.41) is 0. The molecule has 62 valence electrons. The zero-order valence-electron chi connectivity index (χ0n) is 7.31. The first-order valence-corrected chi connectivity index (χ1v) is 3.99. The lowest BCUT2D eigenvalue weighted by Gasteiger charge is -2.19. The summed E-state index contributed by atoms with van der Waals surface area (Å²) in [7, 11) is 0. The molecule has 0 aromatic carbocycles. The number of carbonyl (C=O) groups is 1. The van der Waals surface area contributed by atoms with E-state index in [1.54, 1.807) is 0 Å². The van der Waals surface area contributed by atoms with Gasteiger partial charge in [0.1, 0.15) is 0 Å². The fourth-order valence-corrected chi connectivity index (χ4v) is 1.40. The van der Waals surface area contributed by atoms with Gasteiger partial charge in [0, 0.05) is 12.0 Å². The number of rotatable bonds is 1. The molecule has 1 rings (SSSR count). The zero-order chi connectivity index (χ0) is 8.43. The molecular formula is C9H14O2. The predicted molar refractivity (Wildman–Crippen MR) is 43.1 cm³/mol. The maximum Gasteiger partial charge on any atom is 0.333 e. The predicted octanol–water partition coefficient (Wildman–Crippen LogP) is 1.91. The van der Waals surface area contributed by atoms with Gasteiger partial charge in [-0.3, -0.25) is 0 Å². The van der Waals surface area contributed by atoms with Crippen LogP contribution < -0.4 is 0 Å². The van der Waals surface area contributed by atoms with Crippen LogP contribution in [0.2, 0.25) is 0 Å². The van der Waals surface area contributed by atoms with Gasteiger partial charge in [0.25, 0.3) is 0 Å². The summed E-state index contributed by atoms with van der Waals surface area (Å²) in [6, 6.07) is 0. The second-order valence-electron chi connectivity index (χ2n) is 3.19. The standard InChI is InChI=1S/C9H14O2/c1-6(2)8-4-5-11-9(10)7(8)3/h6H,4-5H2,1-3H3. The lowest BCUT2D eigenvalue weighted by Crippen LogP contribution is -2.18.